The molecular weight excluding hydrogens is 380 g/mol. The summed E-state index contributed by atoms with van der Waals surface area (Å²) in [5.41, 5.74) is 1.90. The fourth-order valence-electron chi connectivity index (χ4n) is 2.65. The van der Waals surface area contributed by atoms with Gasteiger partial charge in [0.25, 0.3) is 5.91 Å². The van der Waals surface area contributed by atoms with Crippen LogP contribution in [0.3, 0.4) is 0 Å². The van der Waals surface area contributed by atoms with Crippen molar-refractivity contribution in [3.8, 4) is 5.75 Å². The number of likely N-dealkylation sites (N-methyl/N-ethyl adjacent to an activating group) is 1. The summed E-state index contributed by atoms with van der Waals surface area (Å²) in [5.74, 6) is 0.722. The summed E-state index contributed by atoms with van der Waals surface area (Å²) in [6.45, 7) is 5.61. The highest BCUT2D eigenvalue weighted by Gasteiger charge is 2.31. The fourth-order valence-corrected chi connectivity index (χ4v) is 3.88. The molecule has 1 aliphatic heterocycles. The van der Waals surface area contributed by atoms with Crippen LogP contribution in [0.15, 0.2) is 58.4 Å². The number of aliphatic imine (C=N–C) groups is 1. The van der Waals surface area contributed by atoms with Crippen LogP contribution >= 0.6 is 23.4 Å². The number of nitrogens with zero attached hydrogens (tertiary/aromatic N) is 2. The Morgan fingerprint density at radius 1 is 1.15 bits per heavy atom. The predicted molar refractivity (Wildman–Crippen MR) is 113 cm³/mol. The van der Waals surface area contributed by atoms with E-state index in [2.05, 4.69) is 4.99 Å². The Bertz CT molecular complexity index is 878. The lowest BCUT2D eigenvalue weighted by molar-refractivity contribution is -0.122. The second-order valence-electron chi connectivity index (χ2n) is 5.87. The van der Waals surface area contributed by atoms with Crippen molar-refractivity contribution < 1.29 is 9.53 Å². The number of amides is 1. The van der Waals surface area contributed by atoms with Crippen molar-refractivity contribution in [3.63, 3.8) is 0 Å². The Morgan fingerprint density at radius 3 is 2.59 bits per heavy atom. The highest BCUT2D eigenvalue weighted by atomic mass is 35.5. The van der Waals surface area contributed by atoms with Gasteiger partial charge in [0.05, 0.1) is 4.91 Å². The van der Waals surface area contributed by atoms with E-state index in [4.69, 9.17) is 16.3 Å². The first-order valence-corrected chi connectivity index (χ1v) is 10.0. The van der Waals surface area contributed by atoms with E-state index in [9.17, 15) is 4.79 Å². The van der Waals surface area contributed by atoms with Gasteiger partial charge in [-0.3, -0.25) is 14.7 Å². The first-order valence-electron chi connectivity index (χ1n) is 8.84. The molecule has 4 nitrogen and oxygen atoms in total. The zero-order valence-electron chi connectivity index (χ0n) is 15.3. The SMILES string of the molecule is CCN=C1SC(=Cc2ccccc2OCc2ccc(Cl)cc2)C(=O)N1CC. The number of hydrogen-bond donors (Lipinski definition) is 0. The van der Waals surface area contributed by atoms with E-state index in [-0.39, 0.29) is 5.91 Å². The van der Waals surface area contributed by atoms with Crippen molar-refractivity contribution >= 4 is 40.5 Å². The average Bonchev–Trinajstić information content (AvgIpc) is 2.97. The lowest BCUT2D eigenvalue weighted by atomic mass is 10.1. The maximum Gasteiger partial charge on any atom is 0.266 e. The fraction of sp³-hybridized carbons (Fsp3) is 0.238. The minimum absolute atomic E-state index is 0.0118. The van der Waals surface area contributed by atoms with Gasteiger partial charge in [0.1, 0.15) is 12.4 Å². The molecule has 2 aromatic carbocycles. The molecule has 0 saturated carbocycles. The van der Waals surface area contributed by atoms with Crippen LogP contribution < -0.4 is 4.74 Å². The summed E-state index contributed by atoms with van der Waals surface area (Å²) in [4.78, 5) is 19.4. The van der Waals surface area contributed by atoms with Gasteiger partial charge in [-0.15, -0.1) is 0 Å². The number of amidine groups is 1. The van der Waals surface area contributed by atoms with Crippen molar-refractivity contribution in [2.24, 2.45) is 4.99 Å². The van der Waals surface area contributed by atoms with E-state index < -0.39 is 0 Å². The van der Waals surface area contributed by atoms with Gasteiger partial charge in [0, 0.05) is 23.7 Å². The van der Waals surface area contributed by atoms with E-state index in [1.165, 1.54) is 11.8 Å². The third-order valence-electron chi connectivity index (χ3n) is 4.01. The summed E-state index contributed by atoms with van der Waals surface area (Å²) >= 11 is 7.34. The van der Waals surface area contributed by atoms with Crippen LogP contribution in [0.2, 0.25) is 5.02 Å². The van der Waals surface area contributed by atoms with Gasteiger partial charge >= 0.3 is 0 Å². The van der Waals surface area contributed by atoms with Crippen LogP contribution in [0.5, 0.6) is 5.75 Å². The Morgan fingerprint density at radius 2 is 1.89 bits per heavy atom. The molecule has 0 aromatic heterocycles. The first kappa shape index (κ1) is 19.5. The zero-order valence-corrected chi connectivity index (χ0v) is 16.9. The lowest BCUT2D eigenvalue weighted by Gasteiger charge is -2.11. The number of benzene rings is 2. The number of ether oxygens (including phenoxy) is 1. The van der Waals surface area contributed by atoms with Crippen LogP contribution in [0, 0.1) is 0 Å². The second-order valence-corrected chi connectivity index (χ2v) is 7.32. The Labute approximate surface area is 168 Å². The monoisotopic (exact) mass is 400 g/mol. The summed E-state index contributed by atoms with van der Waals surface area (Å²) < 4.78 is 5.98. The number of carbonyl (C=O) groups excluding carboxylic acids is 1. The predicted octanol–water partition coefficient (Wildman–Crippen LogP) is 5.23. The number of hydrogen-bond acceptors (Lipinski definition) is 4. The Hall–Kier alpha value is -2.24. The molecule has 0 aliphatic carbocycles. The average molecular weight is 401 g/mol. The molecule has 27 heavy (non-hydrogen) atoms. The van der Waals surface area contributed by atoms with E-state index in [0.717, 1.165) is 22.0 Å². The minimum Gasteiger partial charge on any atom is -0.488 e. The molecule has 0 unspecified atom stereocenters. The molecule has 0 bridgehead atoms. The third kappa shape index (κ3) is 4.73. The number of thioether (sulfide) groups is 1. The maximum atomic E-state index is 12.7. The smallest absolute Gasteiger partial charge is 0.266 e. The Kier molecular flexibility index (Phi) is 6.58. The van der Waals surface area contributed by atoms with Gasteiger partial charge in [0.2, 0.25) is 0 Å². The highest BCUT2D eigenvalue weighted by Crippen LogP contribution is 2.34. The topological polar surface area (TPSA) is 41.9 Å². The Balaban J connectivity index is 1.81. The highest BCUT2D eigenvalue weighted by molar-refractivity contribution is 8.18. The van der Waals surface area contributed by atoms with Crippen molar-refractivity contribution in [2.75, 3.05) is 13.1 Å². The molecule has 1 fully saturated rings. The molecule has 0 atom stereocenters. The number of halogens is 1. The van der Waals surface area contributed by atoms with E-state index >= 15 is 0 Å². The molecule has 1 aliphatic rings. The molecule has 1 heterocycles. The summed E-state index contributed by atoms with van der Waals surface area (Å²) in [5, 5.41) is 1.46. The molecule has 0 radical (unpaired) electrons. The normalized spacial score (nSPS) is 17.1. The van der Waals surface area contributed by atoms with Gasteiger partial charge < -0.3 is 4.74 Å². The molecule has 0 spiro atoms. The molecule has 3 rings (SSSR count). The third-order valence-corrected chi connectivity index (χ3v) is 5.31. The lowest BCUT2D eigenvalue weighted by Crippen LogP contribution is -2.28. The number of rotatable bonds is 6. The van der Waals surface area contributed by atoms with Crippen LogP contribution in [0.4, 0.5) is 0 Å². The first-order chi connectivity index (χ1) is 13.1. The molecule has 6 heteroatoms. The van der Waals surface area contributed by atoms with Crippen LogP contribution in [0.1, 0.15) is 25.0 Å². The minimum atomic E-state index is -0.0118. The molecule has 140 valence electrons. The van der Waals surface area contributed by atoms with Crippen molar-refractivity contribution in [1.29, 1.82) is 0 Å². The molecule has 1 saturated heterocycles. The van der Waals surface area contributed by atoms with Crippen molar-refractivity contribution in [1.82, 2.24) is 4.90 Å². The molecule has 0 N–H and O–H groups in total. The van der Waals surface area contributed by atoms with Gasteiger partial charge in [-0.25, -0.2) is 0 Å². The standard InChI is InChI=1S/C21H21ClN2O2S/c1-3-23-21-24(4-2)20(25)19(27-21)13-16-7-5-6-8-18(16)26-14-15-9-11-17(22)12-10-15/h5-13H,3-4,14H2,1-2H3. The van der Waals surface area contributed by atoms with Crippen LogP contribution in [0.25, 0.3) is 6.08 Å². The summed E-state index contributed by atoms with van der Waals surface area (Å²) in [6, 6.07) is 15.3. The summed E-state index contributed by atoms with van der Waals surface area (Å²) in [6.07, 6.45) is 1.88. The van der Waals surface area contributed by atoms with Crippen LogP contribution in [-0.2, 0) is 11.4 Å². The van der Waals surface area contributed by atoms with E-state index in [0.29, 0.717) is 29.6 Å². The van der Waals surface area contributed by atoms with Gasteiger partial charge in [-0.05, 0) is 55.4 Å². The second kappa shape index (κ2) is 9.11. The van der Waals surface area contributed by atoms with E-state index in [1.807, 2.05) is 68.5 Å². The van der Waals surface area contributed by atoms with Crippen molar-refractivity contribution in [3.05, 3.63) is 69.6 Å². The molecule has 1 amide bonds. The largest absolute Gasteiger partial charge is 0.488 e. The van der Waals surface area contributed by atoms with Gasteiger partial charge in [-0.1, -0.05) is 41.9 Å². The van der Waals surface area contributed by atoms with Crippen LogP contribution in [-0.4, -0.2) is 29.1 Å². The molecular formula is C21H21ClN2O2S. The van der Waals surface area contributed by atoms with E-state index in [1.54, 1.807) is 4.90 Å². The van der Waals surface area contributed by atoms with Gasteiger partial charge in [0.15, 0.2) is 5.17 Å². The summed E-state index contributed by atoms with van der Waals surface area (Å²) in [7, 11) is 0. The zero-order chi connectivity index (χ0) is 19.2. The van der Waals surface area contributed by atoms with Crippen molar-refractivity contribution in [2.45, 2.75) is 20.5 Å². The van der Waals surface area contributed by atoms with Gasteiger partial charge in [-0.2, -0.15) is 0 Å². The molecule has 2 aromatic rings. The maximum absolute atomic E-state index is 12.7. The number of carbonyl (C=O) groups is 1. The number of para-hydroxylation sites is 1. The quantitative estimate of drug-likeness (QED) is 0.623.